The Morgan fingerprint density at radius 3 is 2.68 bits per heavy atom. The molecule has 136 valence electrons. The molecule has 0 N–H and O–H groups in total. The van der Waals surface area contributed by atoms with Crippen molar-refractivity contribution in [1.82, 2.24) is 4.90 Å². The SMILES string of the molecule is C=C(CC)CCC[C@@H](CC)C(=O)N1C(=O)OC[C@@H]1Cc1ccccc1. The van der Waals surface area contributed by atoms with Crippen molar-refractivity contribution < 1.29 is 14.3 Å². The van der Waals surface area contributed by atoms with Gasteiger partial charge in [0.25, 0.3) is 0 Å². The van der Waals surface area contributed by atoms with E-state index in [-0.39, 0.29) is 24.5 Å². The van der Waals surface area contributed by atoms with E-state index < -0.39 is 6.09 Å². The fraction of sp³-hybridized carbons (Fsp3) is 0.524. The number of cyclic esters (lactones) is 1. The van der Waals surface area contributed by atoms with Crippen LogP contribution < -0.4 is 0 Å². The van der Waals surface area contributed by atoms with Gasteiger partial charge in [-0.2, -0.15) is 0 Å². The highest BCUT2D eigenvalue weighted by Gasteiger charge is 2.40. The standard InChI is InChI=1S/C21H29NO3/c1-4-16(3)10-9-13-18(5-2)20(23)22-19(15-25-21(22)24)14-17-11-7-6-8-12-17/h6-8,11-12,18-19H,3-5,9-10,13-15H2,1-2H3/t18-,19+/m1/s1. The van der Waals surface area contributed by atoms with E-state index in [2.05, 4.69) is 13.5 Å². The molecule has 0 spiro atoms. The highest BCUT2D eigenvalue weighted by molar-refractivity contribution is 5.94. The summed E-state index contributed by atoms with van der Waals surface area (Å²) in [7, 11) is 0. The quantitative estimate of drug-likeness (QED) is 0.608. The summed E-state index contributed by atoms with van der Waals surface area (Å²) in [5.74, 6) is -0.221. The van der Waals surface area contributed by atoms with Crippen LogP contribution >= 0.6 is 0 Å². The summed E-state index contributed by atoms with van der Waals surface area (Å²) in [6.07, 6.45) is 4.52. The predicted molar refractivity (Wildman–Crippen MR) is 99.2 cm³/mol. The second-order valence-corrected chi connectivity index (χ2v) is 6.73. The lowest BCUT2D eigenvalue weighted by molar-refractivity contribution is -0.133. The van der Waals surface area contributed by atoms with Crippen LogP contribution in [0.5, 0.6) is 0 Å². The zero-order valence-corrected chi connectivity index (χ0v) is 15.4. The molecular formula is C21H29NO3. The number of nitrogens with zero attached hydrogens (tertiary/aromatic N) is 1. The fourth-order valence-corrected chi connectivity index (χ4v) is 3.24. The molecule has 4 heteroatoms. The number of imide groups is 1. The number of amides is 2. The second-order valence-electron chi connectivity index (χ2n) is 6.73. The van der Waals surface area contributed by atoms with Crippen molar-refractivity contribution in [2.75, 3.05) is 6.61 Å². The number of rotatable bonds is 9. The number of benzene rings is 1. The molecule has 0 bridgehead atoms. The van der Waals surface area contributed by atoms with E-state index in [4.69, 9.17) is 4.74 Å². The molecule has 0 radical (unpaired) electrons. The predicted octanol–water partition coefficient (Wildman–Crippen LogP) is 4.74. The highest BCUT2D eigenvalue weighted by atomic mass is 16.6. The van der Waals surface area contributed by atoms with Crippen molar-refractivity contribution in [2.45, 2.75) is 58.4 Å². The molecule has 0 aliphatic carbocycles. The summed E-state index contributed by atoms with van der Waals surface area (Å²) in [6, 6.07) is 9.71. The minimum absolute atomic E-state index is 0.0898. The molecule has 0 aromatic heterocycles. The average molecular weight is 343 g/mol. The Kier molecular flexibility index (Phi) is 7.23. The Labute approximate surface area is 150 Å². The Morgan fingerprint density at radius 1 is 1.32 bits per heavy atom. The van der Waals surface area contributed by atoms with Crippen LogP contribution in [0.3, 0.4) is 0 Å². The third kappa shape index (κ3) is 5.18. The summed E-state index contributed by atoms with van der Waals surface area (Å²) < 4.78 is 5.18. The number of hydrogen-bond donors (Lipinski definition) is 0. The van der Waals surface area contributed by atoms with Crippen molar-refractivity contribution >= 4 is 12.0 Å². The molecule has 1 aromatic carbocycles. The summed E-state index contributed by atoms with van der Waals surface area (Å²) >= 11 is 0. The van der Waals surface area contributed by atoms with Crippen LogP contribution in [0, 0.1) is 5.92 Å². The summed E-state index contributed by atoms with van der Waals surface area (Å²) in [4.78, 5) is 26.4. The molecule has 1 fully saturated rings. The number of carbonyl (C=O) groups is 2. The minimum Gasteiger partial charge on any atom is -0.447 e. The van der Waals surface area contributed by atoms with Crippen LogP contribution in [-0.4, -0.2) is 29.5 Å². The maximum absolute atomic E-state index is 12.9. The third-order valence-corrected chi connectivity index (χ3v) is 4.94. The minimum atomic E-state index is -0.498. The topological polar surface area (TPSA) is 46.6 Å². The summed E-state index contributed by atoms with van der Waals surface area (Å²) in [6.45, 7) is 8.40. The van der Waals surface area contributed by atoms with Gasteiger partial charge < -0.3 is 4.74 Å². The van der Waals surface area contributed by atoms with Crippen LogP contribution in [0.4, 0.5) is 4.79 Å². The zero-order valence-electron chi connectivity index (χ0n) is 15.4. The number of carbonyl (C=O) groups excluding carboxylic acids is 2. The van der Waals surface area contributed by atoms with Gasteiger partial charge in [-0.15, -0.1) is 0 Å². The van der Waals surface area contributed by atoms with Crippen LogP contribution in [0.2, 0.25) is 0 Å². The van der Waals surface area contributed by atoms with Gasteiger partial charge in [0.15, 0.2) is 0 Å². The van der Waals surface area contributed by atoms with Crippen molar-refractivity contribution in [2.24, 2.45) is 5.92 Å². The molecule has 1 aromatic rings. The number of allylic oxidation sites excluding steroid dienone is 1. The number of ether oxygens (including phenoxy) is 1. The van der Waals surface area contributed by atoms with Crippen LogP contribution in [-0.2, 0) is 16.0 Å². The van der Waals surface area contributed by atoms with Crippen molar-refractivity contribution in [1.29, 1.82) is 0 Å². The monoisotopic (exact) mass is 343 g/mol. The lowest BCUT2D eigenvalue weighted by Crippen LogP contribution is -2.43. The van der Waals surface area contributed by atoms with Crippen molar-refractivity contribution in [3.8, 4) is 0 Å². The van der Waals surface area contributed by atoms with Crippen LogP contribution in [0.15, 0.2) is 42.5 Å². The van der Waals surface area contributed by atoms with Gasteiger partial charge in [-0.1, -0.05) is 56.3 Å². The van der Waals surface area contributed by atoms with Crippen LogP contribution in [0.25, 0.3) is 0 Å². The molecule has 2 atom stereocenters. The smallest absolute Gasteiger partial charge is 0.416 e. The molecule has 1 aliphatic rings. The molecule has 25 heavy (non-hydrogen) atoms. The van der Waals surface area contributed by atoms with E-state index in [1.807, 2.05) is 37.3 Å². The van der Waals surface area contributed by atoms with Gasteiger partial charge >= 0.3 is 6.09 Å². The van der Waals surface area contributed by atoms with Crippen molar-refractivity contribution in [3.63, 3.8) is 0 Å². The maximum Gasteiger partial charge on any atom is 0.416 e. The molecule has 4 nitrogen and oxygen atoms in total. The van der Waals surface area contributed by atoms with Crippen LogP contribution in [0.1, 0.15) is 51.5 Å². The first-order chi connectivity index (χ1) is 12.1. The van der Waals surface area contributed by atoms with E-state index in [9.17, 15) is 9.59 Å². The maximum atomic E-state index is 12.9. The Morgan fingerprint density at radius 2 is 2.04 bits per heavy atom. The summed E-state index contributed by atoms with van der Waals surface area (Å²) in [5.41, 5.74) is 2.32. The van der Waals surface area contributed by atoms with E-state index in [0.717, 1.165) is 37.7 Å². The lowest BCUT2D eigenvalue weighted by atomic mass is 9.95. The average Bonchev–Trinajstić information content (AvgIpc) is 2.99. The van der Waals surface area contributed by atoms with E-state index in [1.165, 1.54) is 10.5 Å². The number of hydrogen-bond acceptors (Lipinski definition) is 3. The largest absolute Gasteiger partial charge is 0.447 e. The molecule has 1 saturated heterocycles. The molecule has 2 amide bonds. The molecular weight excluding hydrogens is 314 g/mol. The van der Waals surface area contributed by atoms with Gasteiger partial charge in [-0.05, 0) is 44.1 Å². The highest BCUT2D eigenvalue weighted by Crippen LogP contribution is 2.24. The first-order valence-electron chi connectivity index (χ1n) is 9.27. The first-order valence-corrected chi connectivity index (χ1v) is 9.27. The van der Waals surface area contributed by atoms with E-state index in [1.54, 1.807) is 0 Å². The summed E-state index contributed by atoms with van der Waals surface area (Å²) in [5, 5.41) is 0. The first kappa shape index (κ1) is 19.2. The third-order valence-electron chi connectivity index (χ3n) is 4.94. The van der Waals surface area contributed by atoms with Gasteiger partial charge in [0.1, 0.15) is 6.61 Å². The van der Waals surface area contributed by atoms with Gasteiger partial charge in [-0.3, -0.25) is 4.79 Å². The van der Waals surface area contributed by atoms with Gasteiger partial charge in [0.2, 0.25) is 5.91 Å². The zero-order chi connectivity index (χ0) is 18.2. The van der Waals surface area contributed by atoms with E-state index in [0.29, 0.717) is 6.42 Å². The molecule has 0 saturated carbocycles. The molecule has 1 heterocycles. The van der Waals surface area contributed by atoms with Gasteiger partial charge in [0.05, 0.1) is 6.04 Å². The molecule has 0 unspecified atom stereocenters. The van der Waals surface area contributed by atoms with Gasteiger partial charge in [0, 0.05) is 5.92 Å². The molecule has 1 aliphatic heterocycles. The lowest BCUT2D eigenvalue weighted by Gasteiger charge is -2.24. The molecule has 2 rings (SSSR count). The Balaban J connectivity index is 2.00. The second kappa shape index (κ2) is 9.40. The Bertz CT molecular complexity index is 596. The van der Waals surface area contributed by atoms with Crippen molar-refractivity contribution in [3.05, 3.63) is 48.0 Å². The normalized spacial score (nSPS) is 18.1. The van der Waals surface area contributed by atoms with E-state index >= 15 is 0 Å². The fourth-order valence-electron chi connectivity index (χ4n) is 3.24. The van der Waals surface area contributed by atoms with Gasteiger partial charge in [-0.25, -0.2) is 9.69 Å². The Hall–Kier alpha value is -2.10.